The van der Waals surface area contributed by atoms with E-state index in [1.165, 1.54) is 12.8 Å². The number of rotatable bonds is 1. The minimum atomic E-state index is -0.308. The Morgan fingerprint density at radius 3 is 2.50 bits per heavy atom. The van der Waals surface area contributed by atoms with E-state index in [4.69, 9.17) is 0 Å². The average Bonchev–Trinajstić information content (AvgIpc) is 2.59. The fourth-order valence-corrected chi connectivity index (χ4v) is 2.74. The van der Waals surface area contributed by atoms with Crippen molar-refractivity contribution in [1.29, 1.82) is 0 Å². The first kappa shape index (κ1) is 8.52. The van der Waals surface area contributed by atoms with Crippen molar-refractivity contribution in [2.75, 3.05) is 6.54 Å². The molecule has 1 aliphatic heterocycles. The lowest BCUT2D eigenvalue weighted by molar-refractivity contribution is -0.00522. The standard InChI is InChI=1S/C10H19NO/c1-8-6-9(7-11-8)10(12)4-2-3-5-10/h8-9,11-12H,2-7H2,1H3/t8-,9-/m1/s1. The summed E-state index contributed by atoms with van der Waals surface area (Å²) in [5.41, 5.74) is -0.308. The van der Waals surface area contributed by atoms with Gasteiger partial charge in [-0.1, -0.05) is 12.8 Å². The summed E-state index contributed by atoms with van der Waals surface area (Å²) in [5, 5.41) is 13.7. The molecule has 0 amide bonds. The quantitative estimate of drug-likeness (QED) is 0.620. The fourth-order valence-electron chi connectivity index (χ4n) is 2.74. The summed E-state index contributed by atoms with van der Waals surface area (Å²) in [4.78, 5) is 0. The lowest BCUT2D eigenvalue weighted by atomic mass is 9.84. The van der Waals surface area contributed by atoms with Crippen LogP contribution in [0.2, 0.25) is 0 Å². The van der Waals surface area contributed by atoms with E-state index in [-0.39, 0.29) is 5.60 Å². The zero-order chi connectivity index (χ0) is 8.60. The minimum Gasteiger partial charge on any atom is -0.390 e. The van der Waals surface area contributed by atoms with E-state index in [0.717, 1.165) is 25.8 Å². The molecule has 0 aromatic rings. The van der Waals surface area contributed by atoms with Gasteiger partial charge in [-0.2, -0.15) is 0 Å². The molecular formula is C10H19NO. The van der Waals surface area contributed by atoms with E-state index in [1.807, 2.05) is 0 Å². The summed E-state index contributed by atoms with van der Waals surface area (Å²) in [6.07, 6.45) is 5.68. The molecule has 2 rings (SSSR count). The van der Waals surface area contributed by atoms with E-state index >= 15 is 0 Å². The Morgan fingerprint density at radius 2 is 2.00 bits per heavy atom. The Bertz CT molecular complexity index is 163. The lowest BCUT2D eigenvalue weighted by Crippen LogP contribution is -2.35. The van der Waals surface area contributed by atoms with Gasteiger partial charge in [-0.3, -0.25) is 0 Å². The van der Waals surface area contributed by atoms with Gasteiger partial charge < -0.3 is 10.4 Å². The van der Waals surface area contributed by atoms with Crippen LogP contribution in [0.3, 0.4) is 0 Å². The predicted molar refractivity (Wildman–Crippen MR) is 49.0 cm³/mol. The van der Waals surface area contributed by atoms with Crippen LogP contribution in [-0.2, 0) is 0 Å². The van der Waals surface area contributed by atoms with Crippen LogP contribution < -0.4 is 5.32 Å². The van der Waals surface area contributed by atoms with Gasteiger partial charge in [-0.15, -0.1) is 0 Å². The monoisotopic (exact) mass is 169 g/mol. The second kappa shape index (κ2) is 3.00. The van der Waals surface area contributed by atoms with Gasteiger partial charge >= 0.3 is 0 Å². The third-order valence-electron chi connectivity index (χ3n) is 3.58. The van der Waals surface area contributed by atoms with Crippen molar-refractivity contribution >= 4 is 0 Å². The van der Waals surface area contributed by atoms with Crippen LogP contribution in [0.25, 0.3) is 0 Å². The molecule has 0 aromatic carbocycles. The highest BCUT2D eigenvalue weighted by molar-refractivity contribution is 4.96. The molecule has 2 heteroatoms. The maximum atomic E-state index is 10.3. The van der Waals surface area contributed by atoms with Crippen molar-refractivity contribution in [3.05, 3.63) is 0 Å². The first-order valence-corrected chi connectivity index (χ1v) is 5.16. The van der Waals surface area contributed by atoms with Gasteiger partial charge in [0, 0.05) is 18.5 Å². The van der Waals surface area contributed by atoms with Gasteiger partial charge in [0.1, 0.15) is 0 Å². The second-order valence-electron chi connectivity index (χ2n) is 4.55. The molecule has 2 aliphatic rings. The van der Waals surface area contributed by atoms with Gasteiger partial charge in [0.2, 0.25) is 0 Å². The van der Waals surface area contributed by atoms with E-state index in [0.29, 0.717) is 12.0 Å². The highest BCUT2D eigenvalue weighted by atomic mass is 16.3. The van der Waals surface area contributed by atoms with Crippen LogP contribution in [0.1, 0.15) is 39.0 Å². The topological polar surface area (TPSA) is 32.3 Å². The Balaban J connectivity index is 1.99. The summed E-state index contributed by atoms with van der Waals surface area (Å²) in [7, 11) is 0. The Morgan fingerprint density at radius 1 is 1.33 bits per heavy atom. The van der Waals surface area contributed by atoms with Crippen molar-refractivity contribution in [2.24, 2.45) is 5.92 Å². The van der Waals surface area contributed by atoms with Crippen molar-refractivity contribution in [2.45, 2.75) is 50.7 Å². The van der Waals surface area contributed by atoms with Gasteiger partial charge in [0.25, 0.3) is 0 Å². The molecule has 0 bridgehead atoms. The predicted octanol–water partition coefficient (Wildman–Crippen LogP) is 1.29. The lowest BCUT2D eigenvalue weighted by Gasteiger charge is -2.28. The van der Waals surface area contributed by atoms with Crippen LogP contribution in [-0.4, -0.2) is 23.3 Å². The molecule has 1 saturated carbocycles. The van der Waals surface area contributed by atoms with Crippen LogP contribution in [0.4, 0.5) is 0 Å². The third kappa shape index (κ3) is 1.38. The van der Waals surface area contributed by atoms with Crippen molar-refractivity contribution in [3.63, 3.8) is 0 Å². The number of hydrogen-bond donors (Lipinski definition) is 2. The fraction of sp³-hybridized carbons (Fsp3) is 1.00. The summed E-state index contributed by atoms with van der Waals surface area (Å²) in [6, 6.07) is 0.611. The smallest absolute Gasteiger partial charge is 0.0688 e. The molecule has 0 aromatic heterocycles. The first-order chi connectivity index (χ1) is 5.71. The molecule has 0 radical (unpaired) electrons. The molecule has 1 heterocycles. The largest absolute Gasteiger partial charge is 0.390 e. The van der Waals surface area contributed by atoms with E-state index in [2.05, 4.69) is 12.2 Å². The molecule has 0 unspecified atom stereocenters. The number of hydrogen-bond acceptors (Lipinski definition) is 2. The van der Waals surface area contributed by atoms with Gasteiger partial charge in [-0.05, 0) is 26.2 Å². The summed E-state index contributed by atoms with van der Waals surface area (Å²) in [6.45, 7) is 3.23. The molecular weight excluding hydrogens is 150 g/mol. The normalized spacial score (nSPS) is 40.5. The maximum Gasteiger partial charge on any atom is 0.0688 e. The minimum absolute atomic E-state index is 0.308. The van der Waals surface area contributed by atoms with Crippen LogP contribution in [0.5, 0.6) is 0 Å². The third-order valence-corrected chi connectivity index (χ3v) is 3.58. The summed E-state index contributed by atoms with van der Waals surface area (Å²) >= 11 is 0. The second-order valence-corrected chi connectivity index (χ2v) is 4.55. The molecule has 0 spiro atoms. The molecule has 2 nitrogen and oxygen atoms in total. The number of aliphatic hydroxyl groups is 1. The maximum absolute atomic E-state index is 10.3. The van der Waals surface area contributed by atoms with Gasteiger partial charge in [0.15, 0.2) is 0 Å². The Kier molecular flexibility index (Phi) is 2.13. The highest BCUT2D eigenvalue weighted by Gasteiger charge is 2.41. The van der Waals surface area contributed by atoms with Crippen LogP contribution >= 0.6 is 0 Å². The molecule has 1 saturated heterocycles. The molecule has 2 N–H and O–H groups in total. The average molecular weight is 169 g/mol. The summed E-state index contributed by atoms with van der Waals surface area (Å²) < 4.78 is 0. The van der Waals surface area contributed by atoms with E-state index < -0.39 is 0 Å². The van der Waals surface area contributed by atoms with Gasteiger partial charge in [0.05, 0.1) is 5.60 Å². The van der Waals surface area contributed by atoms with E-state index in [1.54, 1.807) is 0 Å². The first-order valence-electron chi connectivity index (χ1n) is 5.16. The molecule has 12 heavy (non-hydrogen) atoms. The SMILES string of the molecule is C[C@@H]1C[C@@H](C2(O)CCCC2)CN1. The van der Waals surface area contributed by atoms with Gasteiger partial charge in [-0.25, -0.2) is 0 Å². The Hall–Kier alpha value is -0.0800. The molecule has 1 aliphatic carbocycles. The molecule has 2 atom stereocenters. The van der Waals surface area contributed by atoms with Crippen molar-refractivity contribution in [1.82, 2.24) is 5.32 Å². The summed E-state index contributed by atoms with van der Waals surface area (Å²) in [5.74, 6) is 0.523. The number of nitrogens with one attached hydrogen (secondary N) is 1. The Labute approximate surface area is 74.4 Å². The zero-order valence-corrected chi connectivity index (χ0v) is 7.84. The molecule has 70 valence electrons. The zero-order valence-electron chi connectivity index (χ0n) is 7.84. The van der Waals surface area contributed by atoms with Crippen LogP contribution in [0, 0.1) is 5.92 Å². The molecule has 2 fully saturated rings. The van der Waals surface area contributed by atoms with Crippen molar-refractivity contribution in [3.8, 4) is 0 Å². The van der Waals surface area contributed by atoms with Crippen molar-refractivity contribution < 1.29 is 5.11 Å². The van der Waals surface area contributed by atoms with E-state index in [9.17, 15) is 5.11 Å². The van der Waals surface area contributed by atoms with Crippen LogP contribution in [0.15, 0.2) is 0 Å². The highest BCUT2D eigenvalue weighted by Crippen LogP contribution is 2.39.